The molecule has 2 saturated heterocycles. The monoisotopic (exact) mass is 525 g/mol. The normalized spacial score (nSPS) is 17.7. The van der Waals surface area contributed by atoms with E-state index < -0.39 is 0 Å². The molecule has 1 aromatic carbocycles. The van der Waals surface area contributed by atoms with E-state index in [9.17, 15) is 4.79 Å². The lowest BCUT2D eigenvalue weighted by Crippen LogP contribution is -2.47. The number of nitrogens with zero attached hydrogens (tertiary/aromatic N) is 6. The number of nitrogens with one attached hydrogen (secondary N) is 3. The van der Waals surface area contributed by atoms with Crippen LogP contribution >= 0.6 is 0 Å². The minimum Gasteiger partial charge on any atom is -0.378 e. The first-order valence-corrected chi connectivity index (χ1v) is 13.2. The third kappa shape index (κ3) is 5.53. The Kier molecular flexibility index (Phi) is 7.05. The van der Waals surface area contributed by atoms with Crippen LogP contribution in [0.3, 0.4) is 0 Å². The van der Waals surface area contributed by atoms with Crippen molar-refractivity contribution in [2.45, 2.75) is 18.9 Å². The molecule has 2 fully saturated rings. The van der Waals surface area contributed by atoms with Crippen molar-refractivity contribution < 1.29 is 9.53 Å². The van der Waals surface area contributed by atoms with Gasteiger partial charge in [0.1, 0.15) is 17.8 Å². The molecule has 2 aliphatic rings. The second-order valence-electron chi connectivity index (χ2n) is 9.72. The molecule has 5 heterocycles. The minimum absolute atomic E-state index is 0.0811. The fourth-order valence-electron chi connectivity index (χ4n) is 5.11. The Morgan fingerprint density at radius 3 is 2.67 bits per heavy atom. The van der Waals surface area contributed by atoms with Gasteiger partial charge >= 0.3 is 0 Å². The Morgan fingerprint density at radius 1 is 1.05 bits per heavy atom. The van der Waals surface area contributed by atoms with E-state index in [1.54, 1.807) is 6.33 Å². The van der Waals surface area contributed by atoms with Gasteiger partial charge in [-0.3, -0.25) is 4.79 Å². The van der Waals surface area contributed by atoms with Gasteiger partial charge in [-0.1, -0.05) is 18.7 Å². The van der Waals surface area contributed by atoms with E-state index in [2.05, 4.69) is 70.4 Å². The first-order chi connectivity index (χ1) is 19.2. The van der Waals surface area contributed by atoms with Crippen LogP contribution in [0.1, 0.15) is 12.8 Å². The van der Waals surface area contributed by atoms with Crippen LogP contribution in [0.2, 0.25) is 0 Å². The molecule has 6 rings (SSSR count). The summed E-state index contributed by atoms with van der Waals surface area (Å²) in [5.41, 5.74) is 3.77. The van der Waals surface area contributed by atoms with Crippen molar-refractivity contribution in [2.24, 2.45) is 0 Å². The number of hydrogen-bond acceptors (Lipinski definition) is 9. The predicted octanol–water partition coefficient (Wildman–Crippen LogP) is 3.27. The maximum Gasteiger partial charge on any atom is 0.243 e. The average molecular weight is 526 g/mol. The van der Waals surface area contributed by atoms with Crippen LogP contribution in [0.4, 0.5) is 23.1 Å². The fraction of sp³-hybridized carbons (Fsp3) is 0.321. The summed E-state index contributed by atoms with van der Waals surface area (Å²) in [4.78, 5) is 28.5. The largest absolute Gasteiger partial charge is 0.378 e. The summed E-state index contributed by atoms with van der Waals surface area (Å²) >= 11 is 0. The number of morpholine rings is 1. The highest BCUT2D eigenvalue weighted by molar-refractivity contribution is 5.92. The molecule has 0 aliphatic carbocycles. The van der Waals surface area contributed by atoms with E-state index in [1.807, 2.05) is 24.3 Å². The van der Waals surface area contributed by atoms with Crippen molar-refractivity contribution in [2.75, 3.05) is 54.5 Å². The van der Waals surface area contributed by atoms with E-state index >= 15 is 0 Å². The van der Waals surface area contributed by atoms with Crippen LogP contribution in [0.5, 0.6) is 0 Å². The van der Waals surface area contributed by atoms with Crippen LogP contribution in [0, 0.1) is 0 Å². The highest BCUT2D eigenvalue weighted by Gasteiger charge is 2.22. The van der Waals surface area contributed by atoms with Gasteiger partial charge in [0, 0.05) is 43.6 Å². The van der Waals surface area contributed by atoms with Gasteiger partial charge in [-0.15, -0.1) is 10.2 Å². The highest BCUT2D eigenvalue weighted by atomic mass is 16.5. The number of hydrogen-bond donors (Lipinski definition) is 3. The molecule has 11 heteroatoms. The Hall–Kier alpha value is -4.51. The molecule has 39 heavy (non-hydrogen) atoms. The quantitative estimate of drug-likeness (QED) is 0.312. The zero-order chi connectivity index (χ0) is 26.6. The van der Waals surface area contributed by atoms with Gasteiger partial charge in [0.05, 0.1) is 18.6 Å². The molecule has 1 atom stereocenters. The summed E-state index contributed by atoms with van der Waals surface area (Å²) in [5, 5.41) is 16.1. The number of carbonyl (C=O) groups excluding carboxylic acids is 1. The summed E-state index contributed by atoms with van der Waals surface area (Å²) in [7, 11) is 0. The first kappa shape index (κ1) is 24.8. The molecule has 0 saturated carbocycles. The molecule has 0 spiro atoms. The molecule has 2 aliphatic heterocycles. The van der Waals surface area contributed by atoms with Crippen LogP contribution in [0.15, 0.2) is 61.4 Å². The molecular weight excluding hydrogens is 494 g/mol. The van der Waals surface area contributed by atoms with E-state index in [-0.39, 0.29) is 11.9 Å². The van der Waals surface area contributed by atoms with Crippen molar-refractivity contribution in [3.05, 3.63) is 61.4 Å². The van der Waals surface area contributed by atoms with Gasteiger partial charge in [0.2, 0.25) is 5.91 Å². The van der Waals surface area contributed by atoms with Crippen molar-refractivity contribution in [1.82, 2.24) is 30.5 Å². The van der Waals surface area contributed by atoms with Gasteiger partial charge < -0.3 is 30.2 Å². The summed E-state index contributed by atoms with van der Waals surface area (Å²) < 4.78 is 5.49. The molecule has 1 amide bonds. The number of aromatic amines is 1. The van der Waals surface area contributed by atoms with Crippen molar-refractivity contribution >= 4 is 40.1 Å². The predicted molar refractivity (Wildman–Crippen MR) is 151 cm³/mol. The highest BCUT2D eigenvalue weighted by Crippen LogP contribution is 2.30. The number of anilines is 4. The molecular formula is C28H31N9O2. The maximum absolute atomic E-state index is 11.7. The molecule has 0 radical (unpaired) electrons. The maximum atomic E-state index is 11.7. The second kappa shape index (κ2) is 11.1. The smallest absolute Gasteiger partial charge is 0.243 e. The SMILES string of the molecule is C=CC(=O)N[C@@H]1CCCN(c2ccc(Nc3ccc(-c4cc5c(N6CCOCC6)ncnc5[nH]4)cc3)nn2)C1. The zero-order valence-corrected chi connectivity index (χ0v) is 21.6. The summed E-state index contributed by atoms with van der Waals surface area (Å²) in [5.74, 6) is 2.25. The van der Waals surface area contributed by atoms with Crippen LogP contribution in [0.25, 0.3) is 22.3 Å². The van der Waals surface area contributed by atoms with Crippen molar-refractivity contribution in [3.8, 4) is 11.3 Å². The lowest BCUT2D eigenvalue weighted by molar-refractivity contribution is -0.117. The Balaban J connectivity index is 1.11. The third-order valence-electron chi connectivity index (χ3n) is 7.11. The van der Waals surface area contributed by atoms with Crippen LogP contribution in [-0.4, -0.2) is 76.5 Å². The summed E-state index contributed by atoms with van der Waals surface area (Å²) in [6, 6.07) is 14.2. The summed E-state index contributed by atoms with van der Waals surface area (Å²) in [6.07, 6.45) is 4.84. The second-order valence-corrected chi connectivity index (χ2v) is 9.72. The average Bonchev–Trinajstić information content (AvgIpc) is 3.43. The topological polar surface area (TPSA) is 124 Å². The molecule has 11 nitrogen and oxygen atoms in total. The van der Waals surface area contributed by atoms with Gasteiger partial charge in [-0.2, -0.15) is 0 Å². The van der Waals surface area contributed by atoms with Gasteiger partial charge in [0.15, 0.2) is 11.6 Å². The van der Waals surface area contributed by atoms with Gasteiger partial charge in [-0.25, -0.2) is 9.97 Å². The number of fused-ring (bicyclic) bond motifs is 1. The number of rotatable bonds is 7. The Bertz CT molecular complexity index is 1450. The molecule has 3 aromatic heterocycles. The Labute approximate surface area is 226 Å². The molecule has 3 N–H and O–H groups in total. The molecule has 4 aromatic rings. The standard InChI is InChI=1S/C28H31N9O2/c1-2-26(38)32-21-4-3-11-37(17-21)25-10-9-24(34-35-25)31-20-7-5-19(6-8-20)23-16-22-27(33-23)29-18-30-28(22)36-12-14-39-15-13-36/h2,5-10,16,18,21H,1,3-4,11-15,17H2,(H,31,34)(H,32,38)(H,29,30,33)/t21-/m1/s1. The van der Waals surface area contributed by atoms with Crippen molar-refractivity contribution in [3.63, 3.8) is 0 Å². The van der Waals surface area contributed by atoms with E-state index in [1.165, 1.54) is 6.08 Å². The van der Waals surface area contributed by atoms with Crippen molar-refractivity contribution in [1.29, 1.82) is 0 Å². The van der Waals surface area contributed by atoms with E-state index in [0.29, 0.717) is 25.6 Å². The number of aromatic nitrogens is 5. The lowest BCUT2D eigenvalue weighted by atomic mass is 10.1. The molecule has 200 valence electrons. The number of piperidine rings is 1. The lowest BCUT2D eigenvalue weighted by Gasteiger charge is -2.33. The number of amides is 1. The number of benzene rings is 1. The van der Waals surface area contributed by atoms with E-state index in [0.717, 1.165) is 72.1 Å². The zero-order valence-electron chi connectivity index (χ0n) is 21.6. The first-order valence-electron chi connectivity index (χ1n) is 13.2. The molecule has 0 bridgehead atoms. The van der Waals surface area contributed by atoms with Crippen LogP contribution in [-0.2, 0) is 9.53 Å². The third-order valence-corrected chi connectivity index (χ3v) is 7.11. The van der Waals surface area contributed by atoms with Gasteiger partial charge in [-0.05, 0) is 54.8 Å². The molecule has 0 unspecified atom stereocenters. The number of carbonyl (C=O) groups is 1. The fourth-order valence-corrected chi connectivity index (χ4v) is 5.11. The number of ether oxygens (including phenoxy) is 1. The Morgan fingerprint density at radius 2 is 1.90 bits per heavy atom. The van der Waals surface area contributed by atoms with Crippen LogP contribution < -0.4 is 20.4 Å². The number of H-pyrrole nitrogens is 1. The minimum atomic E-state index is -0.144. The van der Waals surface area contributed by atoms with Gasteiger partial charge in [0.25, 0.3) is 0 Å². The summed E-state index contributed by atoms with van der Waals surface area (Å²) in [6.45, 7) is 8.18. The van der Waals surface area contributed by atoms with E-state index in [4.69, 9.17) is 4.74 Å².